The summed E-state index contributed by atoms with van der Waals surface area (Å²) in [6, 6.07) is 2.04. The van der Waals surface area contributed by atoms with Crippen molar-refractivity contribution in [1.82, 2.24) is 15.0 Å². The maximum Gasteiger partial charge on any atom is 0.109 e. The molecular weight excluding hydrogens is 254 g/mol. The van der Waals surface area contributed by atoms with E-state index in [9.17, 15) is 0 Å². The van der Waals surface area contributed by atoms with Gasteiger partial charge in [-0.05, 0) is 41.4 Å². The van der Waals surface area contributed by atoms with Crippen molar-refractivity contribution in [2.24, 2.45) is 0 Å². The summed E-state index contributed by atoms with van der Waals surface area (Å²) in [7, 11) is 0. The molecule has 0 saturated heterocycles. The van der Waals surface area contributed by atoms with Crippen LogP contribution in [-0.2, 0) is 0 Å². The summed E-state index contributed by atoms with van der Waals surface area (Å²) in [6.07, 6.45) is 5.28. The van der Waals surface area contributed by atoms with Crippen molar-refractivity contribution in [3.05, 3.63) is 40.5 Å². The predicted octanol–water partition coefficient (Wildman–Crippen LogP) is 2.92. The molecule has 2 aromatic heterocycles. The van der Waals surface area contributed by atoms with E-state index in [-0.39, 0.29) is 0 Å². The topological polar surface area (TPSA) is 38.7 Å². The maximum absolute atomic E-state index is 4.40. The van der Waals surface area contributed by atoms with Crippen molar-refractivity contribution in [2.45, 2.75) is 13.8 Å². The Bertz CT molecular complexity index is 497. The second kappa shape index (κ2) is 4.06. The third kappa shape index (κ3) is 2.21. The molecule has 0 N–H and O–H groups in total. The predicted molar refractivity (Wildman–Crippen MR) is 62.4 cm³/mol. The summed E-state index contributed by atoms with van der Waals surface area (Å²) >= 11 is 3.37. The summed E-state index contributed by atoms with van der Waals surface area (Å²) in [4.78, 5) is 12.7. The first-order valence-electron chi connectivity index (χ1n) is 4.58. The van der Waals surface area contributed by atoms with Crippen LogP contribution in [-0.4, -0.2) is 15.0 Å². The van der Waals surface area contributed by atoms with Crippen LogP contribution in [0.3, 0.4) is 0 Å². The highest BCUT2D eigenvalue weighted by molar-refractivity contribution is 9.10. The Labute approximate surface area is 96.7 Å². The first-order chi connectivity index (χ1) is 7.16. The zero-order valence-corrected chi connectivity index (χ0v) is 10.1. The highest BCUT2D eigenvalue weighted by Crippen LogP contribution is 2.20. The van der Waals surface area contributed by atoms with Gasteiger partial charge in [0.1, 0.15) is 4.60 Å². The van der Waals surface area contributed by atoms with Gasteiger partial charge in [-0.1, -0.05) is 0 Å². The fourth-order valence-corrected chi connectivity index (χ4v) is 1.52. The van der Waals surface area contributed by atoms with Crippen LogP contribution in [0.5, 0.6) is 0 Å². The normalized spacial score (nSPS) is 10.3. The van der Waals surface area contributed by atoms with Crippen molar-refractivity contribution in [2.75, 3.05) is 0 Å². The molecule has 2 aromatic rings. The summed E-state index contributed by atoms with van der Waals surface area (Å²) < 4.78 is 0.867. The molecule has 0 aliphatic carbocycles. The maximum atomic E-state index is 4.40. The number of hydrogen-bond donors (Lipinski definition) is 0. The Morgan fingerprint density at radius 3 is 2.60 bits per heavy atom. The van der Waals surface area contributed by atoms with Gasteiger partial charge in [0.25, 0.3) is 0 Å². The first-order valence-corrected chi connectivity index (χ1v) is 5.37. The molecule has 2 heterocycles. The van der Waals surface area contributed by atoms with Crippen LogP contribution < -0.4 is 0 Å². The number of halogens is 1. The number of pyridine rings is 1. The smallest absolute Gasteiger partial charge is 0.109 e. The lowest BCUT2D eigenvalue weighted by Gasteiger charge is -2.03. The van der Waals surface area contributed by atoms with Gasteiger partial charge in [-0.15, -0.1) is 0 Å². The fraction of sp³-hybridized carbons (Fsp3) is 0.182. The fourth-order valence-electron chi connectivity index (χ4n) is 1.30. The highest BCUT2D eigenvalue weighted by atomic mass is 79.9. The van der Waals surface area contributed by atoms with E-state index in [1.165, 1.54) is 0 Å². The lowest BCUT2D eigenvalue weighted by Crippen LogP contribution is -1.91. The lowest BCUT2D eigenvalue weighted by molar-refractivity contribution is 1.11. The van der Waals surface area contributed by atoms with Crippen LogP contribution in [0.2, 0.25) is 0 Å². The summed E-state index contributed by atoms with van der Waals surface area (Å²) in [5, 5.41) is 0. The van der Waals surface area contributed by atoms with Gasteiger partial charge in [-0.3, -0.25) is 4.98 Å². The molecule has 0 aromatic carbocycles. The summed E-state index contributed by atoms with van der Waals surface area (Å²) in [5.74, 6) is 0. The Hall–Kier alpha value is -1.29. The molecule has 0 fully saturated rings. The van der Waals surface area contributed by atoms with E-state index in [4.69, 9.17) is 0 Å². The number of hydrogen-bond acceptors (Lipinski definition) is 3. The van der Waals surface area contributed by atoms with Crippen LogP contribution in [0.25, 0.3) is 11.3 Å². The largest absolute Gasteiger partial charge is 0.261 e. The van der Waals surface area contributed by atoms with Crippen molar-refractivity contribution in [1.29, 1.82) is 0 Å². The third-order valence-electron chi connectivity index (χ3n) is 2.07. The van der Waals surface area contributed by atoms with E-state index < -0.39 is 0 Å². The van der Waals surface area contributed by atoms with Gasteiger partial charge in [0, 0.05) is 18.0 Å². The number of aryl methyl sites for hydroxylation is 2. The molecule has 3 nitrogen and oxygen atoms in total. The molecule has 2 rings (SSSR count). The van der Waals surface area contributed by atoms with Crippen LogP contribution >= 0.6 is 15.9 Å². The second-order valence-electron chi connectivity index (χ2n) is 3.38. The Morgan fingerprint density at radius 2 is 1.93 bits per heavy atom. The SMILES string of the molecule is Cc1cncc(-c2cnc(Br)c(C)c2)n1. The van der Waals surface area contributed by atoms with Gasteiger partial charge in [0.05, 0.1) is 17.6 Å². The van der Waals surface area contributed by atoms with Gasteiger partial charge < -0.3 is 0 Å². The summed E-state index contributed by atoms with van der Waals surface area (Å²) in [6.45, 7) is 3.93. The van der Waals surface area contributed by atoms with Crippen molar-refractivity contribution >= 4 is 15.9 Å². The van der Waals surface area contributed by atoms with Gasteiger partial charge in [0.15, 0.2) is 0 Å². The van der Waals surface area contributed by atoms with Crippen molar-refractivity contribution < 1.29 is 0 Å². The van der Waals surface area contributed by atoms with E-state index in [0.717, 1.165) is 27.1 Å². The third-order valence-corrected chi connectivity index (χ3v) is 2.90. The first kappa shape index (κ1) is 10.2. The van der Waals surface area contributed by atoms with E-state index in [2.05, 4.69) is 30.9 Å². The van der Waals surface area contributed by atoms with E-state index >= 15 is 0 Å². The molecule has 0 radical (unpaired) electrons. The Kier molecular flexibility index (Phi) is 2.77. The van der Waals surface area contributed by atoms with Crippen LogP contribution in [0, 0.1) is 13.8 Å². The number of nitrogens with zero attached hydrogens (tertiary/aromatic N) is 3. The van der Waals surface area contributed by atoms with Gasteiger partial charge in [-0.2, -0.15) is 0 Å². The standard InChI is InChI=1S/C11H10BrN3/c1-7-3-9(5-14-11(7)12)10-6-13-4-8(2)15-10/h3-6H,1-2H3. The average molecular weight is 264 g/mol. The average Bonchev–Trinajstić information content (AvgIpc) is 2.22. The van der Waals surface area contributed by atoms with E-state index in [1.807, 2.05) is 19.9 Å². The molecule has 15 heavy (non-hydrogen) atoms. The minimum absolute atomic E-state index is 0.859. The van der Waals surface area contributed by atoms with Gasteiger partial charge in [0.2, 0.25) is 0 Å². The molecule has 0 bridgehead atoms. The van der Waals surface area contributed by atoms with Crippen molar-refractivity contribution in [3.8, 4) is 11.3 Å². The molecule has 0 aliphatic rings. The lowest BCUT2D eigenvalue weighted by atomic mass is 10.2. The van der Waals surface area contributed by atoms with Gasteiger partial charge >= 0.3 is 0 Å². The van der Waals surface area contributed by atoms with E-state index in [1.54, 1.807) is 18.6 Å². The van der Waals surface area contributed by atoms with Crippen LogP contribution in [0.1, 0.15) is 11.3 Å². The number of rotatable bonds is 1. The van der Waals surface area contributed by atoms with Crippen LogP contribution in [0.15, 0.2) is 29.3 Å². The summed E-state index contributed by atoms with van der Waals surface area (Å²) in [5.41, 5.74) is 3.86. The van der Waals surface area contributed by atoms with Crippen LogP contribution in [0.4, 0.5) is 0 Å². The highest BCUT2D eigenvalue weighted by Gasteiger charge is 2.03. The molecule has 4 heteroatoms. The molecule has 0 saturated carbocycles. The van der Waals surface area contributed by atoms with Crippen molar-refractivity contribution in [3.63, 3.8) is 0 Å². The zero-order chi connectivity index (χ0) is 10.8. The monoisotopic (exact) mass is 263 g/mol. The zero-order valence-electron chi connectivity index (χ0n) is 8.53. The quantitative estimate of drug-likeness (QED) is 0.743. The molecule has 0 unspecified atom stereocenters. The van der Waals surface area contributed by atoms with Gasteiger partial charge in [-0.25, -0.2) is 9.97 Å². The minimum atomic E-state index is 0.859. The molecular formula is C11H10BrN3. The molecule has 0 aliphatic heterocycles. The second-order valence-corrected chi connectivity index (χ2v) is 4.13. The Balaban J connectivity index is 2.50. The molecule has 0 atom stereocenters. The molecule has 76 valence electrons. The van der Waals surface area contributed by atoms with E-state index in [0.29, 0.717) is 0 Å². The molecule has 0 spiro atoms. The molecule has 0 amide bonds. The number of aromatic nitrogens is 3. The Morgan fingerprint density at radius 1 is 1.13 bits per heavy atom. The minimum Gasteiger partial charge on any atom is -0.261 e.